The maximum absolute atomic E-state index is 6.12. The predicted molar refractivity (Wildman–Crippen MR) is 73.8 cm³/mol. The molecule has 0 bridgehead atoms. The SMILES string of the molecule is CCc1cc(N2CC(C)C(=NC)N2)ccc1Cl. The Bertz CT molecular complexity index is 442. The van der Waals surface area contributed by atoms with Crippen LogP contribution >= 0.6 is 11.6 Å². The Hall–Kier alpha value is -1.22. The molecule has 1 saturated heterocycles. The molecule has 0 saturated carbocycles. The molecule has 1 unspecified atom stereocenters. The summed E-state index contributed by atoms with van der Waals surface area (Å²) in [6.07, 6.45) is 0.949. The lowest BCUT2D eigenvalue weighted by Crippen LogP contribution is -2.33. The molecule has 92 valence electrons. The smallest absolute Gasteiger partial charge is 0.119 e. The summed E-state index contributed by atoms with van der Waals surface area (Å²) >= 11 is 6.12. The molecule has 0 radical (unpaired) electrons. The van der Waals surface area contributed by atoms with Crippen LogP contribution in [-0.2, 0) is 6.42 Å². The van der Waals surface area contributed by atoms with Crippen molar-refractivity contribution in [1.82, 2.24) is 5.43 Å². The number of nitrogens with one attached hydrogen (secondary N) is 1. The van der Waals surface area contributed by atoms with E-state index in [1.54, 1.807) is 0 Å². The molecule has 0 aliphatic carbocycles. The quantitative estimate of drug-likeness (QED) is 0.875. The van der Waals surface area contributed by atoms with E-state index in [9.17, 15) is 0 Å². The van der Waals surface area contributed by atoms with Gasteiger partial charge in [0.25, 0.3) is 0 Å². The first-order valence-electron chi connectivity index (χ1n) is 5.95. The van der Waals surface area contributed by atoms with Gasteiger partial charge in [0, 0.05) is 24.5 Å². The number of hydrogen-bond acceptors (Lipinski definition) is 2. The van der Waals surface area contributed by atoms with Gasteiger partial charge in [-0.05, 0) is 30.2 Å². The normalized spacial score (nSPS) is 22.0. The zero-order valence-electron chi connectivity index (χ0n) is 10.5. The van der Waals surface area contributed by atoms with E-state index in [-0.39, 0.29) is 0 Å². The highest BCUT2D eigenvalue weighted by molar-refractivity contribution is 6.31. The Balaban J connectivity index is 2.24. The first-order valence-corrected chi connectivity index (χ1v) is 6.32. The van der Waals surface area contributed by atoms with Crippen molar-refractivity contribution in [1.29, 1.82) is 0 Å². The van der Waals surface area contributed by atoms with Crippen LogP contribution in [0.5, 0.6) is 0 Å². The molecular weight excluding hydrogens is 234 g/mol. The molecule has 0 aromatic heterocycles. The van der Waals surface area contributed by atoms with Crippen LogP contribution in [0.3, 0.4) is 0 Å². The monoisotopic (exact) mass is 251 g/mol. The Morgan fingerprint density at radius 2 is 2.29 bits per heavy atom. The molecule has 1 fully saturated rings. The largest absolute Gasteiger partial charge is 0.286 e. The van der Waals surface area contributed by atoms with E-state index in [4.69, 9.17) is 11.6 Å². The van der Waals surface area contributed by atoms with Crippen LogP contribution in [0.2, 0.25) is 5.02 Å². The third kappa shape index (κ3) is 2.39. The van der Waals surface area contributed by atoms with E-state index in [0.717, 1.165) is 29.5 Å². The van der Waals surface area contributed by atoms with Gasteiger partial charge in [0.15, 0.2) is 0 Å². The topological polar surface area (TPSA) is 27.6 Å². The lowest BCUT2D eigenvalue weighted by atomic mass is 10.1. The van der Waals surface area contributed by atoms with Crippen molar-refractivity contribution in [3.05, 3.63) is 28.8 Å². The average Bonchev–Trinajstić information content (AvgIpc) is 2.71. The summed E-state index contributed by atoms with van der Waals surface area (Å²) in [5.74, 6) is 1.48. The molecule has 17 heavy (non-hydrogen) atoms. The molecular formula is C13H18ClN3. The number of benzene rings is 1. The van der Waals surface area contributed by atoms with Gasteiger partial charge in [0.1, 0.15) is 5.84 Å². The molecule has 4 heteroatoms. The molecule has 1 heterocycles. The zero-order valence-corrected chi connectivity index (χ0v) is 11.3. The van der Waals surface area contributed by atoms with E-state index in [1.807, 2.05) is 19.2 Å². The number of rotatable bonds is 2. The van der Waals surface area contributed by atoms with Gasteiger partial charge >= 0.3 is 0 Å². The molecule has 0 spiro atoms. The fraction of sp³-hybridized carbons (Fsp3) is 0.462. The summed E-state index contributed by atoms with van der Waals surface area (Å²) in [5, 5.41) is 2.97. The Morgan fingerprint density at radius 3 is 2.88 bits per heavy atom. The number of hydrazine groups is 1. The molecule has 1 aromatic rings. The van der Waals surface area contributed by atoms with Crippen LogP contribution in [0.15, 0.2) is 23.2 Å². The van der Waals surface area contributed by atoms with Crippen LogP contribution in [0.25, 0.3) is 0 Å². The average molecular weight is 252 g/mol. The van der Waals surface area contributed by atoms with E-state index in [2.05, 4.69) is 35.3 Å². The first-order chi connectivity index (χ1) is 8.15. The third-order valence-corrected chi connectivity index (χ3v) is 3.50. The number of halogens is 1. The van der Waals surface area contributed by atoms with E-state index < -0.39 is 0 Å². The van der Waals surface area contributed by atoms with Gasteiger partial charge in [-0.3, -0.25) is 15.4 Å². The van der Waals surface area contributed by atoms with Crippen molar-refractivity contribution in [2.24, 2.45) is 10.9 Å². The van der Waals surface area contributed by atoms with Gasteiger partial charge in [-0.15, -0.1) is 0 Å². The number of aryl methyl sites for hydroxylation is 1. The minimum atomic E-state index is 0.445. The van der Waals surface area contributed by atoms with Crippen molar-refractivity contribution in [3.63, 3.8) is 0 Å². The second kappa shape index (κ2) is 4.96. The molecule has 3 nitrogen and oxygen atoms in total. The van der Waals surface area contributed by atoms with E-state index in [1.165, 1.54) is 5.56 Å². The van der Waals surface area contributed by atoms with Gasteiger partial charge in [0.05, 0.1) is 5.69 Å². The number of nitrogens with zero attached hydrogens (tertiary/aromatic N) is 2. The minimum Gasteiger partial charge on any atom is -0.286 e. The fourth-order valence-corrected chi connectivity index (χ4v) is 2.35. The van der Waals surface area contributed by atoms with Gasteiger partial charge in [-0.1, -0.05) is 25.4 Å². The lowest BCUT2D eigenvalue weighted by Gasteiger charge is -2.19. The summed E-state index contributed by atoms with van der Waals surface area (Å²) in [6, 6.07) is 6.14. The van der Waals surface area contributed by atoms with Gasteiger partial charge in [0.2, 0.25) is 0 Å². The number of anilines is 1. The summed E-state index contributed by atoms with van der Waals surface area (Å²) in [5.41, 5.74) is 5.65. The highest BCUT2D eigenvalue weighted by atomic mass is 35.5. The molecule has 1 aliphatic heterocycles. The van der Waals surface area contributed by atoms with Crippen LogP contribution in [-0.4, -0.2) is 19.4 Å². The Kier molecular flexibility index (Phi) is 3.57. The van der Waals surface area contributed by atoms with Crippen LogP contribution in [0.1, 0.15) is 19.4 Å². The number of hydrogen-bond donors (Lipinski definition) is 1. The molecule has 1 atom stereocenters. The van der Waals surface area contributed by atoms with E-state index >= 15 is 0 Å². The van der Waals surface area contributed by atoms with Gasteiger partial charge in [-0.25, -0.2) is 0 Å². The summed E-state index contributed by atoms with van der Waals surface area (Å²) in [4.78, 5) is 4.24. The van der Waals surface area contributed by atoms with Crippen LogP contribution in [0, 0.1) is 5.92 Å². The summed E-state index contributed by atoms with van der Waals surface area (Å²) in [6.45, 7) is 5.23. The summed E-state index contributed by atoms with van der Waals surface area (Å²) < 4.78 is 0. The number of amidine groups is 1. The second-order valence-electron chi connectivity index (χ2n) is 4.36. The predicted octanol–water partition coefficient (Wildman–Crippen LogP) is 2.89. The molecule has 1 aliphatic rings. The van der Waals surface area contributed by atoms with Crippen LogP contribution in [0.4, 0.5) is 5.69 Å². The third-order valence-electron chi connectivity index (χ3n) is 3.14. The first kappa shape index (κ1) is 12.2. The van der Waals surface area contributed by atoms with Crippen LogP contribution < -0.4 is 10.4 Å². The maximum atomic E-state index is 6.12. The van der Waals surface area contributed by atoms with Crippen molar-refractivity contribution in [2.45, 2.75) is 20.3 Å². The van der Waals surface area contributed by atoms with Crippen molar-refractivity contribution in [3.8, 4) is 0 Å². The molecule has 1 aromatic carbocycles. The zero-order chi connectivity index (χ0) is 12.4. The summed E-state index contributed by atoms with van der Waals surface area (Å²) in [7, 11) is 1.82. The van der Waals surface area contributed by atoms with E-state index in [0.29, 0.717) is 5.92 Å². The second-order valence-corrected chi connectivity index (χ2v) is 4.77. The lowest BCUT2D eigenvalue weighted by molar-refractivity contribution is 0.772. The van der Waals surface area contributed by atoms with Gasteiger partial charge in [-0.2, -0.15) is 0 Å². The minimum absolute atomic E-state index is 0.445. The van der Waals surface area contributed by atoms with Gasteiger partial charge < -0.3 is 0 Å². The Morgan fingerprint density at radius 1 is 1.53 bits per heavy atom. The maximum Gasteiger partial charge on any atom is 0.119 e. The molecule has 2 rings (SSSR count). The molecule has 0 amide bonds. The standard InChI is InChI=1S/C13H18ClN3/c1-4-10-7-11(5-6-12(10)14)17-8-9(2)13(15-3)16-17/h5-7,9H,4,8H2,1-3H3,(H,15,16). The van der Waals surface area contributed by atoms with Crippen molar-refractivity contribution in [2.75, 3.05) is 18.6 Å². The molecule has 1 N–H and O–H groups in total. The highest BCUT2D eigenvalue weighted by Gasteiger charge is 2.24. The Labute approximate surface area is 107 Å². The van der Waals surface area contributed by atoms with Crippen molar-refractivity contribution >= 4 is 23.1 Å². The fourth-order valence-electron chi connectivity index (χ4n) is 2.09. The highest BCUT2D eigenvalue weighted by Crippen LogP contribution is 2.25. The van der Waals surface area contributed by atoms with Crippen molar-refractivity contribution < 1.29 is 0 Å². The number of aliphatic imine (C=N–C) groups is 1.